The van der Waals surface area contributed by atoms with Crippen LogP contribution in [0.1, 0.15) is 38.4 Å². The molecule has 0 saturated carbocycles. The van der Waals surface area contributed by atoms with Gasteiger partial charge in [0.25, 0.3) is 0 Å². The molecular weight excluding hydrogens is 422 g/mol. The van der Waals surface area contributed by atoms with Crippen molar-refractivity contribution in [1.29, 1.82) is 0 Å². The molecule has 0 aliphatic rings. The normalized spacial score (nSPS) is 11.3. The summed E-state index contributed by atoms with van der Waals surface area (Å²) in [4.78, 5) is 20.0. The molecule has 0 bridgehead atoms. The van der Waals surface area contributed by atoms with Crippen molar-refractivity contribution in [2.75, 3.05) is 18.1 Å². The van der Waals surface area contributed by atoms with Crippen LogP contribution in [-0.2, 0) is 11.3 Å². The van der Waals surface area contributed by atoms with Crippen LogP contribution in [0.4, 0.5) is 16.2 Å². The summed E-state index contributed by atoms with van der Waals surface area (Å²) < 4.78 is 5.40. The Morgan fingerprint density at radius 2 is 1.94 bits per heavy atom. The van der Waals surface area contributed by atoms with E-state index < -0.39 is 11.7 Å². The summed E-state index contributed by atoms with van der Waals surface area (Å²) in [7, 11) is 0. The van der Waals surface area contributed by atoms with Crippen molar-refractivity contribution in [1.82, 2.24) is 10.3 Å². The molecule has 0 aliphatic heterocycles. The van der Waals surface area contributed by atoms with Crippen molar-refractivity contribution in [2.24, 2.45) is 0 Å². The molecule has 3 aromatic rings. The molecule has 0 radical (unpaired) electrons. The van der Waals surface area contributed by atoms with Gasteiger partial charge in [0.1, 0.15) is 5.60 Å². The smallest absolute Gasteiger partial charge is 0.407 e. The minimum Gasteiger partial charge on any atom is -0.444 e. The van der Waals surface area contributed by atoms with E-state index in [0.717, 1.165) is 33.1 Å². The fourth-order valence-electron chi connectivity index (χ4n) is 3.39. The second-order valence-corrected chi connectivity index (χ2v) is 9.38. The van der Waals surface area contributed by atoms with Gasteiger partial charge in [-0.1, -0.05) is 30.3 Å². The lowest BCUT2D eigenvalue weighted by molar-refractivity contribution is 0.0523. The summed E-state index contributed by atoms with van der Waals surface area (Å²) in [6.07, 6.45) is 0.171. The molecule has 1 aromatic heterocycles. The summed E-state index contributed by atoms with van der Waals surface area (Å²) in [5, 5.41) is 12.4. The van der Waals surface area contributed by atoms with E-state index in [1.165, 1.54) is 0 Å². The van der Waals surface area contributed by atoms with Gasteiger partial charge in [0.2, 0.25) is 0 Å². The number of aryl methyl sites for hydroxylation is 1. The Balaban J connectivity index is 2.00. The first-order valence-electron chi connectivity index (χ1n) is 10.7. The average Bonchev–Trinajstić information content (AvgIpc) is 3.18. The van der Waals surface area contributed by atoms with Crippen LogP contribution in [0.15, 0.2) is 54.0 Å². The lowest BCUT2D eigenvalue weighted by Gasteiger charge is -2.28. The fraction of sp³-hybridized carbons (Fsp3) is 0.360. The van der Waals surface area contributed by atoms with E-state index in [-0.39, 0.29) is 6.61 Å². The molecule has 0 fully saturated rings. The third kappa shape index (κ3) is 6.31. The Hall–Kier alpha value is -2.90. The maximum Gasteiger partial charge on any atom is 0.407 e. The van der Waals surface area contributed by atoms with Gasteiger partial charge in [0.05, 0.1) is 16.1 Å². The molecule has 6 nitrogen and oxygen atoms in total. The zero-order valence-electron chi connectivity index (χ0n) is 19.1. The molecule has 7 heteroatoms. The number of benzene rings is 2. The van der Waals surface area contributed by atoms with Gasteiger partial charge in [0.15, 0.2) is 0 Å². The first-order valence-corrected chi connectivity index (χ1v) is 11.6. The number of nitrogens with zero attached hydrogens (tertiary/aromatic N) is 2. The summed E-state index contributed by atoms with van der Waals surface area (Å²) in [5.74, 6) is 0. The van der Waals surface area contributed by atoms with Crippen LogP contribution in [0.25, 0.3) is 10.4 Å². The largest absolute Gasteiger partial charge is 0.444 e. The summed E-state index contributed by atoms with van der Waals surface area (Å²) in [6, 6.07) is 16.3. The van der Waals surface area contributed by atoms with E-state index in [9.17, 15) is 9.90 Å². The van der Waals surface area contributed by atoms with Gasteiger partial charge in [-0.15, -0.1) is 11.3 Å². The van der Waals surface area contributed by atoms with Crippen molar-refractivity contribution in [3.8, 4) is 10.4 Å². The quantitative estimate of drug-likeness (QED) is 0.460. The number of carbonyl (C=O) groups is 1. The number of para-hydroxylation sites is 1. The van der Waals surface area contributed by atoms with Gasteiger partial charge < -0.3 is 20.1 Å². The summed E-state index contributed by atoms with van der Waals surface area (Å²) in [6.45, 7) is 8.61. The van der Waals surface area contributed by atoms with Crippen LogP contribution in [0.5, 0.6) is 0 Å². The summed E-state index contributed by atoms with van der Waals surface area (Å²) in [5.41, 5.74) is 6.32. The standard InChI is InChI=1S/C25H31N3O3S/c1-18-23(32-17-27-18)19-11-12-20(16-26-24(30)31-25(2,3)4)22(15-19)28(13-8-14-29)21-9-6-5-7-10-21/h5-7,9-12,15,17,29H,8,13-14,16H2,1-4H3,(H,26,30). The van der Waals surface area contributed by atoms with Gasteiger partial charge in [-0.3, -0.25) is 0 Å². The molecule has 1 heterocycles. The number of aliphatic hydroxyl groups is 1. The van der Waals surface area contributed by atoms with Gasteiger partial charge in [0, 0.05) is 31.1 Å². The maximum atomic E-state index is 12.3. The van der Waals surface area contributed by atoms with Crippen LogP contribution in [0.2, 0.25) is 0 Å². The predicted octanol–water partition coefficient (Wildman–Crippen LogP) is 5.66. The van der Waals surface area contributed by atoms with E-state index in [2.05, 4.69) is 27.3 Å². The second-order valence-electron chi connectivity index (χ2n) is 8.53. The van der Waals surface area contributed by atoms with Crippen LogP contribution in [0.3, 0.4) is 0 Å². The number of ether oxygens (including phenoxy) is 1. The molecule has 0 aliphatic carbocycles. The van der Waals surface area contributed by atoms with Crippen LogP contribution < -0.4 is 10.2 Å². The monoisotopic (exact) mass is 453 g/mol. The number of thiazole rings is 1. The number of amides is 1. The molecule has 2 aromatic carbocycles. The van der Waals surface area contributed by atoms with Gasteiger partial charge in [-0.2, -0.15) is 0 Å². The number of aromatic nitrogens is 1. The first kappa shape index (κ1) is 23.8. The highest BCUT2D eigenvalue weighted by Gasteiger charge is 2.19. The van der Waals surface area contributed by atoms with Gasteiger partial charge in [-0.25, -0.2) is 9.78 Å². The van der Waals surface area contributed by atoms with Crippen molar-refractivity contribution in [3.05, 3.63) is 65.3 Å². The molecule has 0 atom stereocenters. The molecular formula is C25H31N3O3S. The Morgan fingerprint density at radius 3 is 2.56 bits per heavy atom. The predicted molar refractivity (Wildman–Crippen MR) is 131 cm³/mol. The van der Waals surface area contributed by atoms with E-state index in [1.807, 2.05) is 69.6 Å². The highest BCUT2D eigenvalue weighted by molar-refractivity contribution is 7.13. The molecule has 0 spiro atoms. The SMILES string of the molecule is Cc1ncsc1-c1ccc(CNC(=O)OC(C)(C)C)c(N(CCCO)c2ccccc2)c1. The minimum atomic E-state index is -0.558. The Kier molecular flexibility index (Phi) is 7.88. The van der Waals surface area contributed by atoms with Crippen LogP contribution in [-0.4, -0.2) is 34.9 Å². The lowest BCUT2D eigenvalue weighted by Crippen LogP contribution is -2.32. The van der Waals surface area contributed by atoms with E-state index >= 15 is 0 Å². The number of rotatable bonds is 8. The van der Waals surface area contributed by atoms with Crippen molar-refractivity contribution in [3.63, 3.8) is 0 Å². The highest BCUT2D eigenvalue weighted by atomic mass is 32.1. The van der Waals surface area contributed by atoms with Crippen molar-refractivity contribution in [2.45, 2.75) is 46.3 Å². The number of hydrogen-bond donors (Lipinski definition) is 2. The number of alkyl carbamates (subject to hydrolysis) is 1. The first-order chi connectivity index (χ1) is 15.3. The number of hydrogen-bond acceptors (Lipinski definition) is 6. The van der Waals surface area contributed by atoms with Crippen LogP contribution >= 0.6 is 11.3 Å². The third-order valence-electron chi connectivity index (χ3n) is 4.81. The third-order valence-corrected chi connectivity index (χ3v) is 5.79. The van der Waals surface area contributed by atoms with Crippen molar-refractivity contribution < 1.29 is 14.6 Å². The molecule has 2 N–H and O–H groups in total. The number of anilines is 2. The fourth-order valence-corrected chi connectivity index (χ4v) is 4.19. The van der Waals surface area contributed by atoms with Crippen molar-refractivity contribution >= 4 is 28.8 Å². The Bertz CT molecular complexity index is 1030. The molecule has 0 unspecified atom stereocenters. The zero-order chi connectivity index (χ0) is 23.1. The average molecular weight is 454 g/mol. The van der Waals surface area contributed by atoms with E-state index in [1.54, 1.807) is 11.3 Å². The topological polar surface area (TPSA) is 74.7 Å². The molecule has 170 valence electrons. The van der Waals surface area contributed by atoms with Crippen LogP contribution in [0, 0.1) is 6.92 Å². The highest BCUT2D eigenvalue weighted by Crippen LogP contribution is 2.35. The molecule has 0 saturated heterocycles. The number of carbonyl (C=O) groups excluding carboxylic acids is 1. The van der Waals surface area contributed by atoms with E-state index in [4.69, 9.17) is 4.74 Å². The minimum absolute atomic E-state index is 0.0997. The Morgan fingerprint density at radius 1 is 1.19 bits per heavy atom. The number of aliphatic hydroxyl groups excluding tert-OH is 1. The Labute approximate surface area is 193 Å². The number of nitrogens with one attached hydrogen (secondary N) is 1. The van der Waals surface area contributed by atoms with E-state index in [0.29, 0.717) is 19.5 Å². The molecule has 32 heavy (non-hydrogen) atoms. The summed E-state index contributed by atoms with van der Waals surface area (Å²) >= 11 is 1.61. The van der Waals surface area contributed by atoms with Gasteiger partial charge >= 0.3 is 6.09 Å². The lowest BCUT2D eigenvalue weighted by atomic mass is 10.0. The zero-order valence-corrected chi connectivity index (χ0v) is 19.9. The van der Waals surface area contributed by atoms with Gasteiger partial charge in [-0.05, 0) is 63.4 Å². The molecule has 3 rings (SSSR count). The maximum absolute atomic E-state index is 12.3. The molecule has 1 amide bonds. The second kappa shape index (κ2) is 10.6.